The van der Waals surface area contributed by atoms with Gasteiger partial charge in [-0.1, -0.05) is 91.0 Å². The van der Waals surface area contributed by atoms with E-state index in [9.17, 15) is 0 Å². The topological polar surface area (TPSA) is 18.5 Å². The first-order valence-electron chi connectivity index (χ1n) is 9.76. The van der Waals surface area contributed by atoms with Gasteiger partial charge in [-0.05, 0) is 36.5 Å². The minimum atomic E-state index is -0.616. The van der Waals surface area contributed by atoms with Crippen molar-refractivity contribution >= 4 is 0 Å². The zero-order valence-corrected chi connectivity index (χ0v) is 16.0. The van der Waals surface area contributed by atoms with Gasteiger partial charge in [0.05, 0.1) is 0 Å². The first-order chi connectivity index (χ1) is 13.4. The highest BCUT2D eigenvalue weighted by molar-refractivity contribution is 5.47. The smallest absolute Gasteiger partial charge is 0.143 e. The van der Waals surface area contributed by atoms with E-state index in [-0.39, 0.29) is 0 Å². The Morgan fingerprint density at radius 2 is 1.00 bits per heavy atom. The van der Waals surface area contributed by atoms with Crippen molar-refractivity contribution in [3.05, 3.63) is 108 Å². The first kappa shape index (κ1) is 19.3. The van der Waals surface area contributed by atoms with Gasteiger partial charge >= 0.3 is 0 Å². The van der Waals surface area contributed by atoms with Crippen LogP contribution in [0, 0.1) is 0 Å². The summed E-state index contributed by atoms with van der Waals surface area (Å²) in [6.07, 6.45) is 1.97. The Labute approximate surface area is 162 Å². The van der Waals surface area contributed by atoms with Crippen LogP contribution in [0.15, 0.2) is 91.0 Å². The molecule has 0 bridgehead atoms. The molecule has 0 atom stereocenters. The Morgan fingerprint density at radius 1 is 0.593 bits per heavy atom. The Balaban J connectivity index is 1.98. The predicted molar refractivity (Wildman–Crippen MR) is 111 cm³/mol. The average molecular weight is 360 g/mol. The molecule has 3 aromatic carbocycles. The van der Waals surface area contributed by atoms with Gasteiger partial charge in [0.2, 0.25) is 0 Å². The molecule has 3 rings (SSSR count). The molecule has 0 unspecified atom stereocenters. The lowest BCUT2D eigenvalue weighted by molar-refractivity contribution is 0.00773. The molecule has 0 aliphatic heterocycles. The number of hydrogen-bond acceptors (Lipinski definition) is 2. The maximum Gasteiger partial charge on any atom is 0.143 e. The summed E-state index contributed by atoms with van der Waals surface area (Å²) in [4.78, 5) is 0. The lowest BCUT2D eigenvalue weighted by Crippen LogP contribution is -2.33. The van der Waals surface area contributed by atoms with Crippen LogP contribution in [-0.2, 0) is 15.1 Å². The quantitative estimate of drug-likeness (QED) is 0.335. The van der Waals surface area contributed by atoms with Crippen molar-refractivity contribution in [1.82, 2.24) is 0 Å². The van der Waals surface area contributed by atoms with Crippen molar-refractivity contribution < 1.29 is 9.47 Å². The van der Waals surface area contributed by atoms with E-state index in [4.69, 9.17) is 9.47 Å². The van der Waals surface area contributed by atoms with Gasteiger partial charge in [-0.2, -0.15) is 0 Å². The minimum absolute atomic E-state index is 0.616. The number of benzene rings is 3. The second-order valence-electron chi connectivity index (χ2n) is 6.53. The summed E-state index contributed by atoms with van der Waals surface area (Å²) in [7, 11) is 0. The fourth-order valence-electron chi connectivity index (χ4n) is 3.44. The molecule has 0 aliphatic rings. The fourth-order valence-corrected chi connectivity index (χ4v) is 3.44. The highest BCUT2D eigenvalue weighted by Gasteiger charge is 2.37. The van der Waals surface area contributed by atoms with Gasteiger partial charge in [0, 0.05) is 19.8 Å². The van der Waals surface area contributed by atoms with Crippen molar-refractivity contribution in [3.8, 4) is 0 Å². The summed E-state index contributed by atoms with van der Waals surface area (Å²) in [5.41, 5.74) is 2.82. The van der Waals surface area contributed by atoms with Crippen molar-refractivity contribution in [2.45, 2.75) is 25.4 Å². The molecule has 2 nitrogen and oxygen atoms in total. The third-order valence-electron chi connectivity index (χ3n) is 4.75. The van der Waals surface area contributed by atoms with Crippen LogP contribution in [-0.4, -0.2) is 19.8 Å². The molecule has 3 aromatic rings. The molecule has 0 fully saturated rings. The van der Waals surface area contributed by atoms with E-state index in [2.05, 4.69) is 72.8 Å². The van der Waals surface area contributed by atoms with Gasteiger partial charge in [0.25, 0.3) is 0 Å². The highest BCUT2D eigenvalue weighted by Crippen LogP contribution is 2.40. The molecule has 0 aliphatic carbocycles. The average Bonchev–Trinajstić information content (AvgIpc) is 2.75. The molecule has 0 amide bonds. The summed E-state index contributed by atoms with van der Waals surface area (Å²) in [6.45, 7) is 4.26. The zero-order valence-electron chi connectivity index (χ0n) is 16.0. The third-order valence-corrected chi connectivity index (χ3v) is 4.75. The van der Waals surface area contributed by atoms with Crippen molar-refractivity contribution in [1.29, 1.82) is 0 Å². The molecular formula is C25H28O2. The van der Waals surface area contributed by atoms with Gasteiger partial charge < -0.3 is 9.47 Å². The zero-order chi connectivity index (χ0) is 18.8. The number of unbranched alkanes of at least 4 members (excludes halogenated alkanes) is 1. The van der Waals surface area contributed by atoms with E-state index in [1.54, 1.807) is 0 Å². The Bertz CT molecular complexity index is 673. The van der Waals surface area contributed by atoms with E-state index < -0.39 is 5.60 Å². The Hall–Kier alpha value is -2.42. The number of rotatable bonds is 10. The van der Waals surface area contributed by atoms with E-state index >= 15 is 0 Å². The van der Waals surface area contributed by atoms with E-state index in [1.807, 2.05) is 25.1 Å². The molecule has 0 radical (unpaired) electrons. The summed E-state index contributed by atoms with van der Waals surface area (Å²) in [6, 6.07) is 31.5. The maximum atomic E-state index is 6.71. The first-order valence-corrected chi connectivity index (χ1v) is 9.76. The van der Waals surface area contributed by atoms with Gasteiger partial charge in [0.1, 0.15) is 5.60 Å². The van der Waals surface area contributed by atoms with Crippen LogP contribution in [0.4, 0.5) is 0 Å². The van der Waals surface area contributed by atoms with Crippen LogP contribution in [0.25, 0.3) is 0 Å². The third kappa shape index (κ3) is 4.65. The summed E-state index contributed by atoms with van der Waals surface area (Å²) >= 11 is 0. The van der Waals surface area contributed by atoms with Crippen molar-refractivity contribution in [2.75, 3.05) is 19.8 Å². The normalized spacial score (nSPS) is 11.4. The molecule has 140 valence electrons. The van der Waals surface area contributed by atoms with E-state index in [1.165, 1.54) is 0 Å². The number of hydrogen-bond donors (Lipinski definition) is 0. The Kier molecular flexibility index (Phi) is 7.20. The predicted octanol–water partition coefficient (Wildman–Crippen LogP) is 5.81. The maximum absolute atomic E-state index is 6.71. The lowest BCUT2D eigenvalue weighted by Gasteiger charge is -2.36. The van der Waals surface area contributed by atoms with Crippen LogP contribution in [0.2, 0.25) is 0 Å². The van der Waals surface area contributed by atoms with Crippen LogP contribution in [0.3, 0.4) is 0 Å². The second kappa shape index (κ2) is 10.1. The lowest BCUT2D eigenvalue weighted by atomic mass is 9.80. The molecule has 2 heteroatoms. The van der Waals surface area contributed by atoms with Gasteiger partial charge in [-0.25, -0.2) is 0 Å². The summed E-state index contributed by atoms with van der Waals surface area (Å²) < 4.78 is 12.2. The molecule has 0 spiro atoms. The molecule has 0 saturated heterocycles. The molecule has 0 heterocycles. The highest BCUT2D eigenvalue weighted by atomic mass is 16.5. The largest absolute Gasteiger partial charge is 0.382 e. The van der Waals surface area contributed by atoms with Gasteiger partial charge in [-0.3, -0.25) is 0 Å². The second-order valence-corrected chi connectivity index (χ2v) is 6.53. The van der Waals surface area contributed by atoms with Crippen LogP contribution in [0.5, 0.6) is 0 Å². The summed E-state index contributed by atoms with van der Waals surface area (Å²) in [5, 5.41) is 0. The standard InChI is InChI=1S/C25H28O2/c1-2-26-20-12-13-21-27-25(22-14-6-3-7-15-22,23-16-8-4-9-17-23)24-18-10-5-11-19-24/h3-11,14-19H,2,12-13,20-21H2,1H3. The van der Waals surface area contributed by atoms with Crippen LogP contribution in [0.1, 0.15) is 36.5 Å². The molecule has 0 aromatic heterocycles. The van der Waals surface area contributed by atoms with E-state index in [0.717, 1.165) is 42.7 Å². The van der Waals surface area contributed by atoms with Gasteiger partial charge in [0.15, 0.2) is 0 Å². The SMILES string of the molecule is CCOCCCCOC(c1ccccc1)(c1ccccc1)c1ccccc1. The monoisotopic (exact) mass is 360 g/mol. The Morgan fingerprint density at radius 3 is 1.41 bits per heavy atom. The van der Waals surface area contributed by atoms with E-state index in [0.29, 0.717) is 6.61 Å². The summed E-state index contributed by atoms with van der Waals surface area (Å²) in [5.74, 6) is 0. The molecule has 27 heavy (non-hydrogen) atoms. The fraction of sp³-hybridized carbons (Fsp3) is 0.280. The number of ether oxygens (including phenoxy) is 2. The molecule has 0 N–H and O–H groups in total. The minimum Gasteiger partial charge on any atom is -0.382 e. The molecule has 0 saturated carbocycles. The van der Waals surface area contributed by atoms with Crippen molar-refractivity contribution in [2.24, 2.45) is 0 Å². The molecular weight excluding hydrogens is 332 g/mol. The van der Waals surface area contributed by atoms with Gasteiger partial charge in [-0.15, -0.1) is 0 Å². The van der Waals surface area contributed by atoms with Crippen LogP contribution >= 0.6 is 0 Å². The van der Waals surface area contributed by atoms with Crippen LogP contribution < -0.4 is 0 Å². The van der Waals surface area contributed by atoms with Crippen molar-refractivity contribution in [3.63, 3.8) is 0 Å².